The molecule has 1 spiro atoms. The average Bonchev–Trinajstić information content (AvgIpc) is 3.25. The van der Waals surface area contributed by atoms with Crippen molar-refractivity contribution in [1.29, 1.82) is 0 Å². The quantitative estimate of drug-likeness (QED) is 0.847. The van der Waals surface area contributed by atoms with Gasteiger partial charge < -0.3 is 9.88 Å². The van der Waals surface area contributed by atoms with Crippen LogP contribution in [0.2, 0.25) is 0 Å². The van der Waals surface area contributed by atoms with Crippen molar-refractivity contribution < 1.29 is 4.79 Å². The number of aromatic nitrogens is 2. The van der Waals surface area contributed by atoms with Crippen molar-refractivity contribution in [1.82, 2.24) is 14.9 Å². The second-order valence-electron chi connectivity index (χ2n) is 8.37. The van der Waals surface area contributed by atoms with E-state index in [0.29, 0.717) is 5.82 Å². The van der Waals surface area contributed by atoms with Crippen molar-refractivity contribution in [2.75, 3.05) is 13.1 Å². The molecule has 1 saturated heterocycles. The maximum atomic E-state index is 13.2. The van der Waals surface area contributed by atoms with Crippen LogP contribution in [0.15, 0.2) is 29.1 Å². The fourth-order valence-corrected chi connectivity index (χ4v) is 5.44. The van der Waals surface area contributed by atoms with Crippen LogP contribution in [0.1, 0.15) is 59.8 Å². The number of carbonyl (C=O) groups is 1. The maximum absolute atomic E-state index is 13.2. The molecule has 0 bridgehead atoms. The monoisotopic (exact) mass is 363 g/mol. The summed E-state index contributed by atoms with van der Waals surface area (Å²) in [5.74, 6) is 0.999. The van der Waals surface area contributed by atoms with E-state index in [2.05, 4.69) is 28.1 Å². The lowest BCUT2D eigenvalue weighted by molar-refractivity contribution is -0.134. The van der Waals surface area contributed by atoms with Crippen LogP contribution < -0.4 is 5.56 Å². The zero-order chi connectivity index (χ0) is 18.6. The lowest BCUT2D eigenvalue weighted by Gasteiger charge is -2.40. The number of amides is 1. The van der Waals surface area contributed by atoms with Gasteiger partial charge in [-0.1, -0.05) is 24.3 Å². The first kappa shape index (κ1) is 16.7. The van der Waals surface area contributed by atoms with Gasteiger partial charge in [0.2, 0.25) is 5.91 Å². The van der Waals surface area contributed by atoms with Crippen molar-refractivity contribution >= 4 is 5.91 Å². The first-order valence-corrected chi connectivity index (χ1v) is 10.0. The van der Waals surface area contributed by atoms with Crippen LogP contribution in [0.25, 0.3) is 0 Å². The molecular formula is C22H25N3O2. The number of rotatable bonds is 1. The van der Waals surface area contributed by atoms with Gasteiger partial charge in [0.25, 0.3) is 5.56 Å². The first-order valence-electron chi connectivity index (χ1n) is 10.0. The van der Waals surface area contributed by atoms with Gasteiger partial charge in [0.1, 0.15) is 5.82 Å². The number of hydrogen-bond donors (Lipinski definition) is 1. The number of hydrogen-bond acceptors (Lipinski definition) is 3. The molecular weight excluding hydrogens is 338 g/mol. The molecule has 3 aliphatic rings. The highest BCUT2D eigenvalue weighted by Gasteiger charge is 2.45. The zero-order valence-corrected chi connectivity index (χ0v) is 15.8. The van der Waals surface area contributed by atoms with Gasteiger partial charge in [0, 0.05) is 24.1 Å². The van der Waals surface area contributed by atoms with E-state index in [9.17, 15) is 9.59 Å². The van der Waals surface area contributed by atoms with Gasteiger partial charge in [-0.05, 0) is 56.6 Å². The molecule has 1 fully saturated rings. The summed E-state index contributed by atoms with van der Waals surface area (Å²) in [6, 6.07) is 8.36. The standard InChI is InChI=1S/C22H25N3O2/c1-14-23-19-18(20(26)24-14)8-9-22(19)10-12-25(13-11-22)21(27)17-7-6-15-4-2-3-5-16(15)17/h2-5,17H,6-13H2,1H3,(H,23,24,26). The number of carbonyl (C=O) groups excluding carboxylic acids is 1. The van der Waals surface area contributed by atoms with E-state index in [1.165, 1.54) is 11.1 Å². The summed E-state index contributed by atoms with van der Waals surface area (Å²) in [4.78, 5) is 35.0. The largest absolute Gasteiger partial charge is 0.342 e. The zero-order valence-electron chi connectivity index (χ0n) is 15.8. The molecule has 2 heterocycles. The summed E-state index contributed by atoms with van der Waals surface area (Å²) in [7, 11) is 0. The van der Waals surface area contributed by atoms with E-state index in [-0.39, 0.29) is 22.8 Å². The molecule has 5 rings (SSSR count). The number of nitrogens with zero attached hydrogens (tertiary/aromatic N) is 2. The summed E-state index contributed by atoms with van der Waals surface area (Å²) in [6.45, 7) is 3.39. The highest BCUT2D eigenvalue weighted by atomic mass is 16.2. The Labute approximate surface area is 158 Å². The van der Waals surface area contributed by atoms with Gasteiger partial charge in [0.15, 0.2) is 0 Å². The fraction of sp³-hybridized carbons (Fsp3) is 0.500. The normalized spacial score (nSPS) is 22.7. The minimum atomic E-state index is -0.0152. The Balaban J connectivity index is 1.35. The number of fused-ring (bicyclic) bond motifs is 3. The Kier molecular flexibility index (Phi) is 3.74. The van der Waals surface area contributed by atoms with Crippen LogP contribution >= 0.6 is 0 Å². The summed E-state index contributed by atoms with van der Waals surface area (Å²) < 4.78 is 0. The Morgan fingerprint density at radius 3 is 2.78 bits per heavy atom. The first-order chi connectivity index (χ1) is 13.1. The molecule has 0 saturated carbocycles. The number of piperidine rings is 1. The van der Waals surface area contributed by atoms with Gasteiger partial charge in [-0.2, -0.15) is 0 Å². The van der Waals surface area contributed by atoms with Crippen LogP contribution in [0, 0.1) is 6.92 Å². The van der Waals surface area contributed by atoms with E-state index >= 15 is 0 Å². The van der Waals surface area contributed by atoms with Crippen molar-refractivity contribution in [3.63, 3.8) is 0 Å². The molecule has 1 amide bonds. The van der Waals surface area contributed by atoms with Crippen LogP contribution in [-0.2, 0) is 23.1 Å². The van der Waals surface area contributed by atoms with E-state index in [0.717, 1.165) is 62.9 Å². The van der Waals surface area contributed by atoms with E-state index in [1.807, 2.05) is 13.0 Å². The Morgan fingerprint density at radius 2 is 1.96 bits per heavy atom. The lowest BCUT2D eigenvalue weighted by atomic mass is 9.76. The van der Waals surface area contributed by atoms with Crippen molar-refractivity contribution in [2.24, 2.45) is 0 Å². The van der Waals surface area contributed by atoms with Crippen LogP contribution in [0.5, 0.6) is 0 Å². The van der Waals surface area contributed by atoms with Crippen molar-refractivity contribution in [2.45, 2.75) is 56.8 Å². The third kappa shape index (κ3) is 2.55. The highest BCUT2D eigenvalue weighted by Crippen LogP contribution is 2.45. The van der Waals surface area contributed by atoms with Crippen molar-refractivity contribution in [3.8, 4) is 0 Å². The second-order valence-corrected chi connectivity index (χ2v) is 8.37. The number of nitrogens with one attached hydrogen (secondary N) is 1. The van der Waals surface area contributed by atoms with Gasteiger partial charge in [-0.25, -0.2) is 4.98 Å². The molecule has 1 aliphatic heterocycles. The molecule has 5 heteroatoms. The topological polar surface area (TPSA) is 66.1 Å². The Morgan fingerprint density at radius 1 is 1.19 bits per heavy atom. The summed E-state index contributed by atoms with van der Waals surface area (Å²) in [5, 5.41) is 0. The summed E-state index contributed by atoms with van der Waals surface area (Å²) in [5.41, 5.74) is 4.42. The number of aromatic amines is 1. The fourth-order valence-electron chi connectivity index (χ4n) is 5.44. The smallest absolute Gasteiger partial charge is 0.254 e. The molecule has 2 aromatic rings. The van der Waals surface area contributed by atoms with Crippen LogP contribution in [0.3, 0.4) is 0 Å². The predicted molar refractivity (Wildman–Crippen MR) is 103 cm³/mol. The maximum Gasteiger partial charge on any atom is 0.254 e. The molecule has 0 radical (unpaired) electrons. The van der Waals surface area contributed by atoms with E-state index < -0.39 is 0 Å². The molecule has 140 valence electrons. The average molecular weight is 363 g/mol. The molecule has 2 aliphatic carbocycles. The Hall–Kier alpha value is -2.43. The van der Waals surface area contributed by atoms with Crippen molar-refractivity contribution in [3.05, 3.63) is 62.8 Å². The lowest BCUT2D eigenvalue weighted by Crippen LogP contribution is -2.46. The predicted octanol–water partition coefficient (Wildman–Crippen LogP) is 2.61. The van der Waals surface area contributed by atoms with E-state index in [4.69, 9.17) is 4.98 Å². The molecule has 1 aromatic carbocycles. The van der Waals surface area contributed by atoms with Gasteiger partial charge >= 0.3 is 0 Å². The minimum absolute atomic E-state index is 0.0152. The van der Waals surface area contributed by atoms with Gasteiger partial charge in [-0.15, -0.1) is 0 Å². The molecule has 1 aromatic heterocycles. The summed E-state index contributed by atoms with van der Waals surface area (Å²) >= 11 is 0. The molecule has 5 nitrogen and oxygen atoms in total. The van der Waals surface area contributed by atoms with Gasteiger partial charge in [0.05, 0.1) is 11.6 Å². The molecule has 27 heavy (non-hydrogen) atoms. The third-order valence-corrected chi connectivity index (χ3v) is 6.95. The minimum Gasteiger partial charge on any atom is -0.342 e. The van der Waals surface area contributed by atoms with E-state index in [1.54, 1.807) is 0 Å². The number of H-pyrrole nitrogens is 1. The summed E-state index contributed by atoms with van der Waals surface area (Å²) in [6.07, 6.45) is 5.55. The molecule has 1 N–H and O–H groups in total. The molecule has 1 unspecified atom stereocenters. The Bertz CT molecular complexity index is 970. The number of likely N-dealkylation sites (tertiary alicyclic amines) is 1. The molecule has 1 atom stereocenters. The third-order valence-electron chi connectivity index (χ3n) is 6.95. The van der Waals surface area contributed by atoms with Crippen LogP contribution in [-0.4, -0.2) is 33.9 Å². The highest BCUT2D eigenvalue weighted by molar-refractivity contribution is 5.85. The number of aryl methyl sites for hydroxylation is 2. The van der Waals surface area contributed by atoms with Crippen LogP contribution in [0.4, 0.5) is 0 Å². The number of benzene rings is 1. The van der Waals surface area contributed by atoms with Gasteiger partial charge in [-0.3, -0.25) is 9.59 Å². The second kappa shape index (κ2) is 6.04. The SMILES string of the molecule is Cc1nc2c(c(=O)[nH]1)CCC21CCN(C(=O)C2CCc3ccccc32)CC1.